The lowest BCUT2D eigenvalue weighted by Gasteiger charge is -2.31. The van der Waals surface area contributed by atoms with Gasteiger partial charge >= 0.3 is 0 Å². The number of hydrogen-bond acceptors (Lipinski definition) is 3. The van der Waals surface area contributed by atoms with E-state index in [2.05, 4.69) is 16.7 Å². The summed E-state index contributed by atoms with van der Waals surface area (Å²) in [5, 5.41) is 0.394. The lowest BCUT2D eigenvalue weighted by molar-refractivity contribution is -0.880. The second-order valence-electron chi connectivity index (χ2n) is 6.05. The van der Waals surface area contributed by atoms with Crippen LogP contribution in [0.2, 0.25) is 5.02 Å². The molecule has 0 spiro atoms. The van der Waals surface area contributed by atoms with E-state index in [0.29, 0.717) is 10.7 Å². The van der Waals surface area contributed by atoms with E-state index in [1.54, 1.807) is 24.3 Å². The third-order valence-corrected chi connectivity index (χ3v) is 5.82. The quantitative estimate of drug-likeness (QED) is 0.861. The highest BCUT2D eigenvalue weighted by Crippen LogP contribution is 2.22. The monoisotopic (exact) mass is 366 g/mol. The van der Waals surface area contributed by atoms with Crippen molar-refractivity contribution in [3.8, 4) is 0 Å². The van der Waals surface area contributed by atoms with Crippen LogP contribution < -0.4 is 14.5 Å². The third kappa shape index (κ3) is 4.01. The van der Waals surface area contributed by atoms with Gasteiger partial charge in [-0.1, -0.05) is 17.7 Å². The van der Waals surface area contributed by atoms with Gasteiger partial charge in [0.15, 0.2) is 0 Å². The van der Waals surface area contributed by atoms with E-state index in [4.69, 9.17) is 11.6 Å². The van der Waals surface area contributed by atoms with E-state index in [1.807, 2.05) is 12.1 Å². The molecule has 1 fully saturated rings. The first-order valence-electron chi connectivity index (χ1n) is 7.89. The standard InChI is InChI=1S/C17H20ClN3O2S/c1-20-9-11-21(12-10-20)16-7-5-15(6-8-16)19-24(22,23)17-4-2-3-14(18)13-17/h2-8,13,19H,9-12H2,1H3/p+1. The van der Waals surface area contributed by atoms with Crippen molar-refractivity contribution in [3.05, 3.63) is 53.6 Å². The first kappa shape index (κ1) is 17.1. The van der Waals surface area contributed by atoms with Crippen LogP contribution in [0.1, 0.15) is 0 Å². The Morgan fingerprint density at radius 1 is 1.08 bits per heavy atom. The van der Waals surface area contributed by atoms with Crippen molar-refractivity contribution in [1.29, 1.82) is 0 Å². The predicted molar refractivity (Wildman–Crippen MR) is 97.5 cm³/mol. The van der Waals surface area contributed by atoms with Crippen molar-refractivity contribution in [2.75, 3.05) is 42.8 Å². The van der Waals surface area contributed by atoms with E-state index in [9.17, 15) is 8.42 Å². The molecule has 0 unspecified atom stereocenters. The molecule has 128 valence electrons. The highest BCUT2D eigenvalue weighted by Gasteiger charge is 2.18. The molecule has 2 aromatic rings. The third-order valence-electron chi connectivity index (χ3n) is 4.21. The summed E-state index contributed by atoms with van der Waals surface area (Å²) in [5.41, 5.74) is 1.66. The molecule has 2 N–H and O–H groups in total. The molecule has 7 heteroatoms. The van der Waals surface area contributed by atoms with Gasteiger partial charge in [0.1, 0.15) is 0 Å². The summed E-state index contributed by atoms with van der Waals surface area (Å²) < 4.78 is 27.4. The highest BCUT2D eigenvalue weighted by atomic mass is 35.5. The topological polar surface area (TPSA) is 53.9 Å². The fraction of sp³-hybridized carbons (Fsp3) is 0.294. The zero-order valence-corrected chi connectivity index (χ0v) is 15.1. The summed E-state index contributed by atoms with van der Waals surface area (Å²) in [6.45, 7) is 4.26. The van der Waals surface area contributed by atoms with Crippen LogP contribution in [-0.4, -0.2) is 41.6 Å². The van der Waals surface area contributed by atoms with Crippen LogP contribution in [0.15, 0.2) is 53.4 Å². The first-order chi connectivity index (χ1) is 11.4. The Morgan fingerprint density at radius 2 is 1.75 bits per heavy atom. The van der Waals surface area contributed by atoms with Crippen molar-refractivity contribution in [3.63, 3.8) is 0 Å². The molecular weight excluding hydrogens is 346 g/mol. The molecule has 2 aromatic carbocycles. The summed E-state index contributed by atoms with van der Waals surface area (Å²) in [5.74, 6) is 0. The second-order valence-corrected chi connectivity index (χ2v) is 8.17. The molecule has 0 radical (unpaired) electrons. The van der Waals surface area contributed by atoms with Crippen LogP contribution in [0, 0.1) is 0 Å². The molecule has 1 aliphatic rings. The van der Waals surface area contributed by atoms with E-state index >= 15 is 0 Å². The van der Waals surface area contributed by atoms with Crippen molar-refractivity contribution in [2.45, 2.75) is 4.90 Å². The van der Waals surface area contributed by atoms with Crippen LogP contribution in [0.25, 0.3) is 0 Å². The van der Waals surface area contributed by atoms with Crippen LogP contribution in [0.3, 0.4) is 0 Å². The smallest absolute Gasteiger partial charge is 0.261 e. The number of piperazine rings is 1. The maximum absolute atomic E-state index is 12.4. The Balaban J connectivity index is 1.72. The fourth-order valence-corrected chi connectivity index (χ4v) is 4.09. The minimum Gasteiger partial charge on any atom is -0.360 e. The summed E-state index contributed by atoms with van der Waals surface area (Å²) in [6, 6.07) is 13.7. The fourth-order valence-electron chi connectivity index (χ4n) is 2.74. The number of nitrogens with zero attached hydrogens (tertiary/aromatic N) is 1. The van der Waals surface area contributed by atoms with Gasteiger partial charge in [0, 0.05) is 16.4 Å². The molecule has 0 aromatic heterocycles. The number of anilines is 2. The number of quaternary nitrogens is 1. The van der Waals surface area contributed by atoms with Gasteiger partial charge in [0.2, 0.25) is 0 Å². The van der Waals surface area contributed by atoms with Gasteiger partial charge in [-0.2, -0.15) is 0 Å². The minimum atomic E-state index is -3.63. The molecule has 0 aliphatic carbocycles. The average Bonchev–Trinajstić information content (AvgIpc) is 2.56. The molecule has 1 saturated heterocycles. The normalized spacial score (nSPS) is 16.2. The number of hydrogen-bond donors (Lipinski definition) is 2. The van der Waals surface area contributed by atoms with E-state index in [-0.39, 0.29) is 4.90 Å². The number of likely N-dealkylation sites (N-methyl/N-ethyl adjacent to an activating group) is 1. The van der Waals surface area contributed by atoms with Gasteiger partial charge in [0.05, 0.1) is 38.1 Å². The molecule has 5 nitrogen and oxygen atoms in total. The van der Waals surface area contributed by atoms with Gasteiger partial charge in [-0.05, 0) is 42.5 Å². The van der Waals surface area contributed by atoms with Crippen LogP contribution in [-0.2, 0) is 10.0 Å². The molecule has 3 rings (SSSR count). The number of nitrogens with one attached hydrogen (secondary N) is 2. The SMILES string of the molecule is C[NH+]1CCN(c2ccc(NS(=O)(=O)c3cccc(Cl)c3)cc2)CC1. The summed E-state index contributed by atoms with van der Waals surface area (Å²) >= 11 is 5.87. The molecule has 0 amide bonds. The van der Waals surface area contributed by atoms with Gasteiger partial charge in [-0.15, -0.1) is 0 Å². The van der Waals surface area contributed by atoms with Crippen molar-refractivity contribution in [2.24, 2.45) is 0 Å². The molecule has 0 atom stereocenters. The van der Waals surface area contributed by atoms with Crippen molar-refractivity contribution < 1.29 is 13.3 Å². The van der Waals surface area contributed by atoms with Crippen molar-refractivity contribution >= 4 is 33.0 Å². The van der Waals surface area contributed by atoms with Crippen molar-refractivity contribution in [1.82, 2.24) is 0 Å². The zero-order chi connectivity index (χ0) is 17.2. The maximum atomic E-state index is 12.4. The minimum absolute atomic E-state index is 0.154. The lowest BCUT2D eigenvalue weighted by atomic mass is 10.2. The Kier molecular flexibility index (Phi) is 4.99. The van der Waals surface area contributed by atoms with Gasteiger partial charge < -0.3 is 9.80 Å². The van der Waals surface area contributed by atoms with Crippen LogP contribution in [0.5, 0.6) is 0 Å². The summed E-state index contributed by atoms with van der Waals surface area (Å²) in [6.07, 6.45) is 0. The van der Waals surface area contributed by atoms with Crippen LogP contribution >= 0.6 is 11.6 Å². The largest absolute Gasteiger partial charge is 0.360 e. The number of sulfonamides is 1. The predicted octanol–water partition coefficient (Wildman–Crippen LogP) is 1.48. The van der Waals surface area contributed by atoms with Gasteiger partial charge in [0.25, 0.3) is 10.0 Å². The molecule has 24 heavy (non-hydrogen) atoms. The lowest BCUT2D eigenvalue weighted by Crippen LogP contribution is -3.12. The maximum Gasteiger partial charge on any atom is 0.261 e. The second kappa shape index (κ2) is 7.01. The number of halogens is 1. The average molecular weight is 367 g/mol. The Morgan fingerprint density at radius 3 is 2.38 bits per heavy atom. The van der Waals surface area contributed by atoms with Gasteiger partial charge in [-0.25, -0.2) is 8.42 Å². The Hall–Kier alpha value is -1.76. The van der Waals surface area contributed by atoms with Crippen LogP contribution in [0.4, 0.5) is 11.4 Å². The Bertz CT molecular complexity index is 801. The molecule has 1 heterocycles. The Labute approximate surface area is 147 Å². The molecule has 0 saturated carbocycles. The van der Waals surface area contributed by atoms with E-state index < -0.39 is 10.0 Å². The van der Waals surface area contributed by atoms with Gasteiger partial charge in [-0.3, -0.25) is 4.72 Å². The highest BCUT2D eigenvalue weighted by molar-refractivity contribution is 7.92. The summed E-state index contributed by atoms with van der Waals surface area (Å²) in [7, 11) is -1.43. The molecular formula is C17H21ClN3O2S+. The zero-order valence-electron chi connectivity index (χ0n) is 13.5. The van der Waals surface area contributed by atoms with E-state index in [1.165, 1.54) is 17.0 Å². The first-order valence-corrected chi connectivity index (χ1v) is 9.75. The van der Waals surface area contributed by atoms with E-state index in [0.717, 1.165) is 31.9 Å². The number of rotatable bonds is 4. The molecule has 1 aliphatic heterocycles. The summed E-state index contributed by atoms with van der Waals surface area (Å²) in [4.78, 5) is 4.01. The molecule has 0 bridgehead atoms. The number of benzene rings is 2.